The first-order valence-electron chi connectivity index (χ1n) is 6.19. The van der Waals surface area contributed by atoms with E-state index in [0.29, 0.717) is 0 Å². The Hall–Kier alpha value is -2.62. The fourth-order valence-corrected chi connectivity index (χ4v) is 2.47. The summed E-state index contributed by atoms with van der Waals surface area (Å²) in [6.07, 6.45) is 7.59. The number of aromatic amines is 1. The summed E-state index contributed by atoms with van der Waals surface area (Å²) in [6.45, 7) is 2.10. The Morgan fingerprint density at radius 2 is 2.16 bits per heavy atom. The van der Waals surface area contributed by atoms with E-state index in [-0.39, 0.29) is 0 Å². The smallest absolute Gasteiger partial charge is 0.162 e. The number of H-pyrrole nitrogens is 1. The summed E-state index contributed by atoms with van der Waals surface area (Å²) in [5, 5.41) is 5.55. The first-order valence-corrected chi connectivity index (χ1v) is 6.19. The van der Waals surface area contributed by atoms with Crippen LogP contribution in [0, 0.1) is 6.92 Å². The predicted octanol–water partition coefficient (Wildman–Crippen LogP) is 3.19. The average Bonchev–Trinajstić information content (AvgIpc) is 3.01. The van der Waals surface area contributed by atoms with E-state index in [1.807, 2.05) is 24.7 Å². The van der Waals surface area contributed by atoms with Gasteiger partial charge in [0.25, 0.3) is 0 Å². The van der Waals surface area contributed by atoms with Gasteiger partial charge in [-0.25, -0.2) is 9.50 Å². The third-order valence-corrected chi connectivity index (χ3v) is 3.41. The van der Waals surface area contributed by atoms with Gasteiger partial charge in [0.15, 0.2) is 5.65 Å². The lowest BCUT2D eigenvalue weighted by molar-refractivity contribution is 0.939. The number of rotatable bonds is 1. The van der Waals surface area contributed by atoms with E-state index in [4.69, 9.17) is 0 Å². The molecule has 4 aromatic rings. The lowest BCUT2D eigenvalue weighted by Crippen LogP contribution is -1.87. The fourth-order valence-electron chi connectivity index (χ4n) is 2.47. The molecular formula is C15H12N4. The highest BCUT2D eigenvalue weighted by atomic mass is 15.2. The van der Waals surface area contributed by atoms with Crippen LogP contribution in [-0.2, 0) is 0 Å². The normalized spacial score (nSPS) is 11.4. The summed E-state index contributed by atoms with van der Waals surface area (Å²) in [6, 6.07) is 8.28. The van der Waals surface area contributed by atoms with E-state index in [0.717, 1.165) is 22.3 Å². The molecule has 0 saturated carbocycles. The lowest BCUT2D eigenvalue weighted by Gasteiger charge is -1.98. The van der Waals surface area contributed by atoms with E-state index in [1.54, 1.807) is 10.7 Å². The van der Waals surface area contributed by atoms with E-state index in [2.05, 4.69) is 40.2 Å². The van der Waals surface area contributed by atoms with Crippen molar-refractivity contribution in [2.75, 3.05) is 0 Å². The predicted molar refractivity (Wildman–Crippen MR) is 75.0 cm³/mol. The zero-order valence-electron chi connectivity index (χ0n) is 10.5. The minimum atomic E-state index is 0.880. The van der Waals surface area contributed by atoms with Crippen molar-refractivity contribution in [2.45, 2.75) is 6.92 Å². The maximum absolute atomic E-state index is 4.41. The molecule has 0 radical (unpaired) electrons. The van der Waals surface area contributed by atoms with Crippen LogP contribution in [0.15, 0.2) is 49.1 Å². The molecule has 3 heterocycles. The summed E-state index contributed by atoms with van der Waals surface area (Å²) < 4.78 is 1.80. The highest BCUT2D eigenvalue weighted by Crippen LogP contribution is 2.31. The van der Waals surface area contributed by atoms with Gasteiger partial charge in [-0.1, -0.05) is 11.6 Å². The number of hydrogen-bond acceptors (Lipinski definition) is 2. The van der Waals surface area contributed by atoms with E-state index in [9.17, 15) is 0 Å². The second-order valence-corrected chi connectivity index (χ2v) is 4.70. The minimum Gasteiger partial charge on any atom is -0.361 e. The average molecular weight is 248 g/mol. The van der Waals surface area contributed by atoms with Gasteiger partial charge in [0.1, 0.15) is 0 Å². The third-order valence-electron chi connectivity index (χ3n) is 3.41. The molecule has 1 N–H and O–H groups in total. The molecule has 4 nitrogen and oxygen atoms in total. The number of hydrogen-bond donors (Lipinski definition) is 1. The Balaban J connectivity index is 2.06. The Bertz CT molecular complexity index is 885. The molecule has 0 aliphatic heterocycles. The van der Waals surface area contributed by atoms with Gasteiger partial charge < -0.3 is 4.98 Å². The van der Waals surface area contributed by atoms with Gasteiger partial charge in [0, 0.05) is 40.6 Å². The Morgan fingerprint density at radius 1 is 1.21 bits per heavy atom. The van der Waals surface area contributed by atoms with Crippen molar-refractivity contribution >= 4 is 16.6 Å². The van der Waals surface area contributed by atoms with Crippen molar-refractivity contribution in [3.8, 4) is 11.1 Å². The Kier molecular flexibility index (Phi) is 2.00. The van der Waals surface area contributed by atoms with Crippen LogP contribution in [0.25, 0.3) is 27.7 Å². The molecule has 0 aliphatic carbocycles. The van der Waals surface area contributed by atoms with Gasteiger partial charge in [-0.15, -0.1) is 0 Å². The van der Waals surface area contributed by atoms with Crippen LogP contribution in [0.2, 0.25) is 0 Å². The van der Waals surface area contributed by atoms with E-state index < -0.39 is 0 Å². The maximum atomic E-state index is 4.41. The van der Waals surface area contributed by atoms with Gasteiger partial charge in [0.2, 0.25) is 0 Å². The maximum Gasteiger partial charge on any atom is 0.162 e. The molecule has 0 aliphatic rings. The molecule has 0 atom stereocenters. The van der Waals surface area contributed by atoms with Gasteiger partial charge >= 0.3 is 0 Å². The molecule has 92 valence electrons. The van der Waals surface area contributed by atoms with Crippen LogP contribution in [0.4, 0.5) is 0 Å². The molecule has 0 spiro atoms. The number of aromatic nitrogens is 4. The molecule has 0 bridgehead atoms. The zero-order chi connectivity index (χ0) is 12.8. The third kappa shape index (κ3) is 1.46. The topological polar surface area (TPSA) is 46.0 Å². The molecule has 3 aromatic heterocycles. The van der Waals surface area contributed by atoms with Crippen molar-refractivity contribution < 1.29 is 0 Å². The monoisotopic (exact) mass is 248 g/mol. The summed E-state index contributed by atoms with van der Waals surface area (Å²) >= 11 is 0. The largest absolute Gasteiger partial charge is 0.361 e. The summed E-state index contributed by atoms with van der Waals surface area (Å²) in [4.78, 5) is 7.72. The number of nitrogens with one attached hydrogen (secondary N) is 1. The second-order valence-electron chi connectivity index (χ2n) is 4.70. The number of nitrogens with zero attached hydrogens (tertiary/aromatic N) is 3. The lowest BCUT2D eigenvalue weighted by atomic mass is 10.1. The summed E-state index contributed by atoms with van der Waals surface area (Å²) in [7, 11) is 0. The molecule has 0 fully saturated rings. The van der Waals surface area contributed by atoms with Crippen LogP contribution in [0.1, 0.15) is 5.56 Å². The first kappa shape index (κ1) is 10.3. The van der Waals surface area contributed by atoms with E-state index >= 15 is 0 Å². The number of fused-ring (bicyclic) bond motifs is 2. The number of aryl methyl sites for hydroxylation is 1. The first-order chi connectivity index (χ1) is 9.33. The Labute approximate surface area is 109 Å². The second kappa shape index (κ2) is 3.68. The van der Waals surface area contributed by atoms with Crippen molar-refractivity contribution in [3.05, 3.63) is 54.6 Å². The summed E-state index contributed by atoms with van der Waals surface area (Å²) in [5.41, 5.74) is 5.46. The van der Waals surface area contributed by atoms with Gasteiger partial charge in [-0.3, -0.25) is 0 Å². The molecule has 19 heavy (non-hydrogen) atoms. The van der Waals surface area contributed by atoms with Crippen molar-refractivity contribution in [3.63, 3.8) is 0 Å². The molecule has 0 saturated heterocycles. The molecule has 4 rings (SSSR count). The molecule has 4 heteroatoms. The minimum absolute atomic E-state index is 0.880. The van der Waals surface area contributed by atoms with Gasteiger partial charge in [-0.05, 0) is 25.1 Å². The highest BCUT2D eigenvalue weighted by Gasteiger charge is 2.12. The van der Waals surface area contributed by atoms with Crippen molar-refractivity contribution in [2.24, 2.45) is 0 Å². The quantitative estimate of drug-likeness (QED) is 0.562. The van der Waals surface area contributed by atoms with Crippen LogP contribution in [-0.4, -0.2) is 19.6 Å². The van der Waals surface area contributed by atoms with Crippen LogP contribution in [0.5, 0.6) is 0 Å². The van der Waals surface area contributed by atoms with Crippen molar-refractivity contribution in [1.82, 2.24) is 19.6 Å². The van der Waals surface area contributed by atoms with Crippen LogP contribution < -0.4 is 0 Å². The van der Waals surface area contributed by atoms with Crippen LogP contribution >= 0.6 is 0 Å². The standard InChI is InChI=1S/C15H12N4/c1-10-3-4-14-11(7-10)12(8-17-14)13-9-18-19-6-2-5-16-15(13)19/h2-9,17H,1H3. The number of benzene rings is 1. The van der Waals surface area contributed by atoms with Gasteiger partial charge in [0.05, 0.1) is 6.20 Å². The van der Waals surface area contributed by atoms with Crippen molar-refractivity contribution in [1.29, 1.82) is 0 Å². The zero-order valence-corrected chi connectivity index (χ0v) is 10.5. The fraction of sp³-hybridized carbons (Fsp3) is 0.0667. The molecule has 0 amide bonds. The molecular weight excluding hydrogens is 236 g/mol. The highest BCUT2D eigenvalue weighted by molar-refractivity contribution is 5.98. The molecule has 1 aromatic carbocycles. The van der Waals surface area contributed by atoms with Gasteiger partial charge in [-0.2, -0.15) is 5.10 Å². The molecule has 0 unspecified atom stereocenters. The summed E-state index contributed by atoms with van der Waals surface area (Å²) in [5.74, 6) is 0. The van der Waals surface area contributed by atoms with Crippen LogP contribution in [0.3, 0.4) is 0 Å². The SMILES string of the molecule is Cc1ccc2[nH]cc(-c3cnn4cccnc34)c2c1. The Morgan fingerprint density at radius 3 is 3.11 bits per heavy atom. The van der Waals surface area contributed by atoms with E-state index in [1.165, 1.54) is 10.9 Å².